The number of hydrogen-bond acceptors (Lipinski definition) is 3. The molecule has 1 aliphatic heterocycles. The highest BCUT2D eigenvalue weighted by atomic mass is 15.2. The average molecular weight is 677 g/mol. The Labute approximate surface area is 308 Å². The number of anilines is 3. The molecule has 2 aliphatic rings. The van der Waals surface area contributed by atoms with Crippen molar-refractivity contribution in [3.63, 3.8) is 0 Å². The molecule has 0 saturated heterocycles. The lowest BCUT2D eigenvalue weighted by atomic mass is 9.64. The Bertz CT molecular complexity index is 2740. The van der Waals surface area contributed by atoms with Crippen molar-refractivity contribution in [1.29, 1.82) is 0 Å². The van der Waals surface area contributed by atoms with Crippen molar-refractivity contribution in [2.45, 2.75) is 5.41 Å². The Hall–Kier alpha value is -7.04. The van der Waals surface area contributed by atoms with Crippen LogP contribution >= 0.6 is 0 Å². The number of para-hydroxylation sites is 2. The van der Waals surface area contributed by atoms with E-state index in [1.165, 1.54) is 44.8 Å². The van der Waals surface area contributed by atoms with E-state index >= 15 is 0 Å². The van der Waals surface area contributed by atoms with Gasteiger partial charge >= 0.3 is 0 Å². The SMILES string of the molecule is c1ccc(-c2nc3ncc(-c4ccc(N5c6ccccc6C6(c7ccccc7-c7ccccc76)c6ccccc65)cc4)cn3c2-c2ccccc2)cc1. The number of aromatic nitrogens is 3. The number of imidazole rings is 1. The summed E-state index contributed by atoms with van der Waals surface area (Å²) in [6, 6.07) is 65.5. The van der Waals surface area contributed by atoms with Crippen LogP contribution in [0.5, 0.6) is 0 Å². The van der Waals surface area contributed by atoms with E-state index in [1.54, 1.807) is 0 Å². The van der Waals surface area contributed by atoms with Gasteiger partial charge in [0.25, 0.3) is 0 Å². The van der Waals surface area contributed by atoms with Crippen molar-refractivity contribution < 1.29 is 0 Å². The Kier molecular flexibility index (Phi) is 6.43. The topological polar surface area (TPSA) is 33.4 Å². The fraction of sp³-hybridized carbons (Fsp3) is 0.0204. The summed E-state index contributed by atoms with van der Waals surface area (Å²) in [7, 11) is 0. The monoisotopic (exact) mass is 676 g/mol. The van der Waals surface area contributed by atoms with Crippen molar-refractivity contribution in [1.82, 2.24) is 14.4 Å². The molecule has 0 saturated carbocycles. The molecule has 0 fully saturated rings. The minimum atomic E-state index is -0.419. The Balaban J connectivity index is 1.05. The largest absolute Gasteiger partial charge is 0.310 e. The van der Waals surface area contributed by atoms with Gasteiger partial charge in [-0.05, 0) is 63.2 Å². The summed E-state index contributed by atoms with van der Waals surface area (Å²) >= 11 is 0. The molecule has 0 radical (unpaired) electrons. The number of nitrogens with zero attached hydrogens (tertiary/aromatic N) is 4. The number of hydrogen-bond donors (Lipinski definition) is 0. The molecule has 7 aromatic carbocycles. The van der Waals surface area contributed by atoms with Gasteiger partial charge in [0.15, 0.2) is 0 Å². The molecule has 53 heavy (non-hydrogen) atoms. The highest BCUT2D eigenvalue weighted by Gasteiger charge is 2.51. The minimum absolute atomic E-state index is 0.419. The van der Waals surface area contributed by atoms with Crippen molar-refractivity contribution in [2.75, 3.05) is 4.90 Å². The minimum Gasteiger partial charge on any atom is -0.310 e. The molecule has 1 spiro atoms. The fourth-order valence-electron chi connectivity index (χ4n) is 8.89. The maximum Gasteiger partial charge on any atom is 0.234 e. The van der Waals surface area contributed by atoms with E-state index in [9.17, 15) is 0 Å². The molecule has 0 unspecified atom stereocenters. The van der Waals surface area contributed by atoms with Crippen LogP contribution in [0.3, 0.4) is 0 Å². The van der Waals surface area contributed by atoms with Crippen molar-refractivity contribution in [3.05, 3.63) is 217 Å². The van der Waals surface area contributed by atoms with E-state index in [0.29, 0.717) is 5.78 Å². The highest BCUT2D eigenvalue weighted by molar-refractivity contribution is 5.96. The summed E-state index contributed by atoms with van der Waals surface area (Å²) in [5.41, 5.74) is 17.2. The van der Waals surface area contributed by atoms with Crippen molar-refractivity contribution in [3.8, 4) is 44.8 Å². The lowest BCUT2D eigenvalue weighted by Gasteiger charge is -2.45. The molecule has 1 aliphatic carbocycles. The molecule has 11 rings (SSSR count). The number of benzene rings is 7. The van der Waals surface area contributed by atoms with Gasteiger partial charge in [0.1, 0.15) is 0 Å². The van der Waals surface area contributed by atoms with Gasteiger partial charge in [-0.1, -0.05) is 158 Å². The van der Waals surface area contributed by atoms with Crippen LogP contribution in [0.2, 0.25) is 0 Å². The van der Waals surface area contributed by atoms with Gasteiger partial charge in [-0.2, -0.15) is 0 Å². The normalized spacial score (nSPS) is 13.4. The first kappa shape index (κ1) is 29.7. The standard InChI is InChI=1S/C49H32N4/c1-3-15-34(16-4-1)46-47(35-17-5-2-6-18-35)52-32-36(31-50-48(52)51-46)33-27-29-37(30-28-33)53-44-25-13-11-23-42(44)49(43-24-12-14-26-45(43)53)40-21-9-7-19-38(40)39-20-8-10-22-41(39)49/h1-32H. The van der Waals surface area contributed by atoms with Crippen LogP contribution in [-0.4, -0.2) is 14.4 Å². The first-order chi connectivity index (χ1) is 26.3. The molecule has 0 bridgehead atoms. The predicted molar refractivity (Wildman–Crippen MR) is 215 cm³/mol. The van der Waals surface area contributed by atoms with Crippen LogP contribution in [0.25, 0.3) is 50.5 Å². The van der Waals surface area contributed by atoms with E-state index in [-0.39, 0.29) is 0 Å². The van der Waals surface area contributed by atoms with Crippen LogP contribution < -0.4 is 4.90 Å². The summed E-state index contributed by atoms with van der Waals surface area (Å²) in [6.07, 6.45) is 4.11. The van der Waals surface area contributed by atoms with Crippen molar-refractivity contribution in [2.24, 2.45) is 0 Å². The summed E-state index contributed by atoms with van der Waals surface area (Å²) in [4.78, 5) is 12.3. The summed E-state index contributed by atoms with van der Waals surface area (Å²) in [6.45, 7) is 0. The molecule has 0 atom stereocenters. The van der Waals surface area contributed by atoms with Gasteiger partial charge in [0.05, 0.1) is 28.2 Å². The number of rotatable bonds is 4. The second-order valence-corrected chi connectivity index (χ2v) is 13.8. The summed E-state index contributed by atoms with van der Waals surface area (Å²) in [5.74, 6) is 0.675. The third-order valence-corrected chi connectivity index (χ3v) is 11.1. The average Bonchev–Trinajstić information content (AvgIpc) is 3.76. The molecule has 4 heteroatoms. The van der Waals surface area contributed by atoms with E-state index in [4.69, 9.17) is 9.97 Å². The van der Waals surface area contributed by atoms with Crippen LogP contribution in [0.4, 0.5) is 17.1 Å². The molecule has 4 nitrogen and oxygen atoms in total. The Morgan fingerprint density at radius 3 is 1.53 bits per heavy atom. The molecule has 3 heterocycles. The third kappa shape index (κ3) is 4.24. The maximum atomic E-state index is 5.02. The molecular formula is C49H32N4. The highest BCUT2D eigenvalue weighted by Crippen LogP contribution is 2.63. The van der Waals surface area contributed by atoms with E-state index in [2.05, 4.69) is 185 Å². The quantitative estimate of drug-likeness (QED) is 0.186. The van der Waals surface area contributed by atoms with E-state index < -0.39 is 5.41 Å². The number of fused-ring (bicyclic) bond motifs is 10. The lowest BCUT2D eigenvalue weighted by molar-refractivity contribution is 0.752. The van der Waals surface area contributed by atoms with Gasteiger partial charge in [-0.25, -0.2) is 9.97 Å². The second kappa shape index (κ2) is 11.5. The zero-order chi connectivity index (χ0) is 34.9. The summed E-state index contributed by atoms with van der Waals surface area (Å²) in [5, 5.41) is 0. The van der Waals surface area contributed by atoms with Crippen LogP contribution in [0, 0.1) is 0 Å². The van der Waals surface area contributed by atoms with Crippen LogP contribution in [-0.2, 0) is 5.41 Å². The Morgan fingerprint density at radius 2 is 0.925 bits per heavy atom. The zero-order valence-electron chi connectivity index (χ0n) is 28.8. The van der Waals surface area contributed by atoms with E-state index in [1.807, 2.05) is 18.3 Å². The van der Waals surface area contributed by atoms with E-state index in [0.717, 1.165) is 39.3 Å². The predicted octanol–water partition coefficient (Wildman–Crippen LogP) is 11.9. The fourth-order valence-corrected chi connectivity index (χ4v) is 8.89. The van der Waals surface area contributed by atoms with Crippen LogP contribution in [0.15, 0.2) is 194 Å². The molecule has 248 valence electrons. The molecule has 0 N–H and O–H groups in total. The Morgan fingerprint density at radius 1 is 0.415 bits per heavy atom. The molecular weight excluding hydrogens is 645 g/mol. The molecule has 2 aromatic heterocycles. The van der Waals surface area contributed by atoms with Gasteiger partial charge < -0.3 is 4.90 Å². The zero-order valence-corrected chi connectivity index (χ0v) is 28.8. The molecule has 0 amide bonds. The van der Waals surface area contributed by atoms with Gasteiger partial charge in [-0.3, -0.25) is 4.40 Å². The van der Waals surface area contributed by atoms with Gasteiger partial charge in [-0.15, -0.1) is 0 Å². The second-order valence-electron chi connectivity index (χ2n) is 13.8. The smallest absolute Gasteiger partial charge is 0.234 e. The third-order valence-electron chi connectivity index (χ3n) is 11.1. The van der Waals surface area contributed by atoms with Gasteiger partial charge in [0, 0.05) is 34.8 Å². The molecule has 9 aromatic rings. The first-order valence-corrected chi connectivity index (χ1v) is 18.1. The van der Waals surface area contributed by atoms with Crippen molar-refractivity contribution >= 4 is 22.8 Å². The lowest BCUT2D eigenvalue weighted by Crippen LogP contribution is -2.36. The first-order valence-electron chi connectivity index (χ1n) is 18.1. The maximum absolute atomic E-state index is 5.02. The van der Waals surface area contributed by atoms with Gasteiger partial charge in [0.2, 0.25) is 5.78 Å². The van der Waals surface area contributed by atoms with Crippen LogP contribution in [0.1, 0.15) is 22.3 Å². The summed E-state index contributed by atoms with van der Waals surface area (Å²) < 4.78 is 2.13.